The second-order valence-corrected chi connectivity index (χ2v) is 8.85. The van der Waals surface area contributed by atoms with Crippen molar-refractivity contribution in [2.75, 3.05) is 5.32 Å². The number of nitrogens with zero attached hydrogens (tertiary/aromatic N) is 3. The lowest BCUT2D eigenvalue weighted by molar-refractivity contribution is 0.599. The average Bonchev–Trinajstić information content (AvgIpc) is 3.35. The van der Waals surface area contributed by atoms with E-state index < -0.39 is 10.0 Å². The van der Waals surface area contributed by atoms with Gasteiger partial charge in [0, 0.05) is 23.9 Å². The number of nitrogens with two attached hydrogens (primary N) is 1. The lowest BCUT2D eigenvalue weighted by atomic mass is 10.1. The Hall–Kier alpha value is -3.01. The second-order valence-electron chi connectivity index (χ2n) is 6.03. The number of hydrogen-bond acceptors (Lipinski definition) is 6. The summed E-state index contributed by atoms with van der Waals surface area (Å²) in [5, 5.41) is 13.5. The lowest BCUT2D eigenvalue weighted by Gasteiger charge is -2.03. The van der Waals surface area contributed by atoms with Gasteiger partial charge in [-0.2, -0.15) is 5.10 Å². The minimum absolute atomic E-state index is 0.0262. The zero-order valence-electron chi connectivity index (χ0n) is 14.7. The van der Waals surface area contributed by atoms with Crippen molar-refractivity contribution in [2.24, 2.45) is 5.14 Å². The molecule has 0 aliphatic carbocycles. The van der Waals surface area contributed by atoms with Crippen molar-refractivity contribution in [1.29, 1.82) is 0 Å². The number of nitrogens with one attached hydrogen (secondary N) is 1. The highest BCUT2D eigenvalue weighted by Gasteiger charge is 2.15. The minimum atomic E-state index is -3.75. The van der Waals surface area contributed by atoms with Crippen LogP contribution in [0.3, 0.4) is 0 Å². The van der Waals surface area contributed by atoms with Crippen LogP contribution < -0.4 is 10.5 Å². The number of sulfonamides is 1. The molecule has 0 fully saturated rings. The molecule has 0 amide bonds. The number of benzene rings is 2. The zero-order chi connectivity index (χ0) is 19.6. The third-order valence-electron chi connectivity index (χ3n) is 4.05. The minimum Gasteiger partial charge on any atom is -0.357 e. The number of hydrogen-bond donors (Lipinski definition) is 2. The quantitative estimate of drug-likeness (QED) is 0.507. The van der Waals surface area contributed by atoms with Crippen LogP contribution in [0, 0.1) is 0 Å². The first-order valence-electron chi connectivity index (χ1n) is 8.42. The normalized spacial score (nSPS) is 11.5. The van der Waals surface area contributed by atoms with Crippen molar-refractivity contribution < 1.29 is 8.42 Å². The van der Waals surface area contributed by atoms with Crippen LogP contribution in [0.4, 0.5) is 5.13 Å². The number of aromatic nitrogens is 3. The second kappa shape index (κ2) is 7.55. The van der Waals surface area contributed by atoms with Gasteiger partial charge in [-0.1, -0.05) is 59.9 Å². The monoisotopic (exact) mass is 411 g/mol. The number of primary sulfonamides is 1. The van der Waals surface area contributed by atoms with Crippen LogP contribution in [0.15, 0.2) is 77.3 Å². The SMILES string of the molecule is NS(=O)(=O)c1cnc(NCc2cn(-c3ccccc3)nc2-c2ccccc2)s1. The molecule has 0 saturated carbocycles. The fourth-order valence-corrected chi connectivity index (χ4v) is 4.18. The summed E-state index contributed by atoms with van der Waals surface area (Å²) in [6, 6.07) is 19.7. The van der Waals surface area contributed by atoms with Crippen molar-refractivity contribution in [2.45, 2.75) is 10.8 Å². The number of para-hydroxylation sites is 1. The summed E-state index contributed by atoms with van der Waals surface area (Å²) in [6.45, 7) is 0.439. The highest BCUT2D eigenvalue weighted by Crippen LogP contribution is 2.26. The number of rotatable bonds is 6. The molecule has 0 atom stereocenters. The van der Waals surface area contributed by atoms with E-state index in [0.29, 0.717) is 11.7 Å². The van der Waals surface area contributed by atoms with E-state index in [0.717, 1.165) is 33.8 Å². The summed E-state index contributed by atoms with van der Waals surface area (Å²) < 4.78 is 24.7. The Bertz CT molecular complexity index is 1190. The molecule has 2 aromatic carbocycles. The molecule has 0 radical (unpaired) electrons. The summed E-state index contributed by atoms with van der Waals surface area (Å²) in [4.78, 5) is 4.09. The van der Waals surface area contributed by atoms with Gasteiger partial charge in [0.15, 0.2) is 9.34 Å². The van der Waals surface area contributed by atoms with E-state index in [1.54, 1.807) is 0 Å². The maximum absolute atomic E-state index is 11.4. The van der Waals surface area contributed by atoms with Crippen molar-refractivity contribution in [3.05, 3.63) is 78.6 Å². The van der Waals surface area contributed by atoms with Crippen LogP contribution in [0.1, 0.15) is 5.56 Å². The Morgan fingerprint density at radius 1 is 1.04 bits per heavy atom. The van der Waals surface area contributed by atoms with E-state index in [-0.39, 0.29) is 4.21 Å². The third-order valence-corrected chi connectivity index (χ3v) is 6.42. The summed E-state index contributed by atoms with van der Waals surface area (Å²) in [7, 11) is -3.75. The van der Waals surface area contributed by atoms with Crippen molar-refractivity contribution in [1.82, 2.24) is 14.8 Å². The zero-order valence-corrected chi connectivity index (χ0v) is 16.3. The number of thiazole rings is 1. The van der Waals surface area contributed by atoms with Gasteiger partial charge >= 0.3 is 0 Å². The average molecular weight is 412 g/mol. The molecule has 3 N–H and O–H groups in total. The topological polar surface area (TPSA) is 103 Å². The summed E-state index contributed by atoms with van der Waals surface area (Å²) in [5.41, 5.74) is 3.76. The molecule has 0 aliphatic heterocycles. The van der Waals surface area contributed by atoms with Crippen molar-refractivity contribution in [3.63, 3.8) is 0 Å². The molecule has 0 spiro atoms. The van der Waals surface area contributed by atoms with Gasteiger partial charge in [-0.3, -0.25) is 0 Å². The Morgan fingerprint density at radius 2 is 1.71 bits per heavy atom. The predicted octanol–water partition coefficient (Wildman–Crippen LogP) is 3.26. The smallest absolute Gasteiger partial charge is 0.249 e. The molecule has 2 aromatic heterocycles. The molecular formula is C19H17N5O2S2. The first kappa shape index (κ1) is 18.4. The number of anilines is 1. The van der Waals surface area contributed by atoms with Crippen LogP contribution >= 0.6 is 11.3 Å². The van der Waals surface area contributed by atoms with Gasteiger partial charge in [-0.15, -0.1) is 0 Å². The van der Waals surface area contributed by atoms with E-state index in [1.165, 1.54) is 6.20 Å². The van der Waals surface area contributed by atoms with Crippen LogP contribution in [0.5, 0.6) is 0 Å². The van der Waals surface area contributed by atoms with Crippen LogP contribution in [-0.2, 0) is 16.6 Å². The maximum atomic E-state index is 11.4. The highest BCUT2D eigenvalue weighted by atomic mass is 32.2. The van der Waals surface area contributed by atoms with E-state index >= 15 is 0 Å². The van der Waals surface area contributed by atoms with Gasteiger partial charge in [0.2, 0.25) is 10.0 Å². The molecule has 142 valence electrons. The first-order valence-corrected chi connectivity index (χ1v) is 10.8. The van der Waals surface area contributed by atoms with E-state index in [1.807, 2.05) is 71.5 Å². The Labute approximate surface area is 166 Å². The van der Waals surface area contributed by atoms with Crippen LogP contribution in [-0.4, -0.2) is 23.2 Å². The fourth-order valence-electron chi connectivity index (χ4n) is 2.73. The van der Waals surface area contributed by atoms with Gasteiger partial charge in [0.05, 0.1) is 17.6 Å². The Morgan fingerprint density at radius 3 is 2.36 bits per heavy atom. The Kier molecular flexibility index (Phi) is 4.95. The molecule has 9 heteroatoms. The fraction of sp³-hybridized carbons (Fsp3) is 0.0526. The van der Waals surface area contributed by atoms with E-state index in [9.17, 15) is 8.42 Å². The van der Waals surface area contributed by atoms with Gasteiger partial charge in [-0.05, 0) is 12.1 Å². The highest BCUT2D eigenvalue weighted by molar-refractivity contribution is 7.91. The van der Waals surface area contributed by atoms with E-state index in [4.69, 9.17) is 10.2 Å². The van der Waals surface area contributed by atoms with E-state index in [2.05, 4.69) is 10.3 Å². The molecule has 0 saturated heterocycles. The van der Waals surface area contributed by atoms with Gasteiger partial charge < -0.3 is 5.32 Å². The largest absolute Gasteiger partial charge is 0.357 e. The molecule has 0 unspecified atom stereocenters. The summed E-state index contributed by atoms with van der Waals surface area (Å²) >= 11 is 1.00. The van der Waals surface area contributed by atoms with Crippen molar-refractivity contribution >= 4 is 26.5 Å². The molecule has 4 aromatic rings. The van der Waals surface area contributed by atoms with Gasteiger partial charge in [0.1, 0.15) is 0 Å². The van der Waals surface area contributed by atoms with Crippen LogP contribution in [0.2, 0.25) is 0 Å². The van der Waals surface area contributed by atoms with Gasteiger partial charge in [-0.25, -0.2) is 23.2 Å². The molecule has 0 aliphatic rings. The summed E-state index contributed by atoms with van der Waals surface area (Å²) in [6.07, 6.45) is 3.21. The molecule has 28 heavy (non-hydrogen) atoms. The van der Waals surface area contributed by atoms with Crippen LogP contribution in [0.25, 0.3) is 16.9 Å². The molecule has 7 nitrogen and oxygen atoms in total. The first-order chi connectivity index (χ1) is 13.5. The standard InChI is InChI=1S/C19H17N5O2S2/c20-28(25,26)17-12-22-19(27-17)21-11-15-13-24(16-9-5-2-6-10-16)23-18(15)14-7-3-1-4-8-14/h1-10,12-13H,11H2,(H,21,22)(H2,20,25,26). The third kappa shape index (κ3) is 3.96. The Balaban J connectivity index is 1.65. The molecule has 2 heterocycles. The summed E-state index contributed by atoms with van der Waals surface area (Å²) in [5.74, 6) is 0. The van der Waals surface area contributed by atoms with Crippen molar-refractivity contribution in [3.8, 4) is 16.9 Å². The molecular weight excluding hydrogens is 394 g/mol. The maximum Gasteiger partial charge on any atom is 0.249 e. The van der Waals surface area contributed by atoms with Gasteiger partial charge in [0.25, 0.3) is 0 Å². The predicted molar refractivity (Wildman–Crippen MR) is 110 cm³/mol. The lowest BCUT2D eigenvalue weighted by Crippen LogP contribution is -2.09. The molecule has 0 bridgehead atoms. The molecule has 4 rings (SSSR count).